The Morgan fingerprint density at radius 2 is 1.37 bits per heavy atom. The molecule has 51 heavy (non-hydrogen) atoms. The number of rotatable bonds is 18. The summed E-state index contributed by atoms with van der Waals surface area (Å²) >= 11 is 0.694. The lowest BCUT2D eigenvalue weighted by Gasteiger charge is -2.20. The van der Waals surface area contributed by atoms with Crippen LogP contribution in [0.4, 0.5) is 9.59 Å². The first kappa shape index (κ1) is 42.0. The first-order valence-corrected chi connectivity index (χ1v) is 17.2. The van der Waals surface area contributed by atoms with Crippen LogP contribution in [-0.4, -0.2) is 90.7 Å². The number of carbonyl (C=O) groups excluding carboxylic acids is 7. The van der Waals surface area contributed by atoms with Gasteiger partial charge in [0.05, 0.1) is 19.7 Å². The van der Waals surface area contributed by atoms with Gasteiger partial charge in [-0.15, -0.1) is 0 Å². The number of hydrogen-bond donors (Lipinski definition) is 5. The van der Waals surface area contributed by atoms with Crippen molar-refractivity contribution in [3.63, 3.8) is 0 Å². The number of nitrogens with one attached hydrogen (secondary N) is 5. The first-order valence-electron chi connectivity index (χ1n) is 16.3. The zero-order valence-corrected chi connectivity index (χ0v) is 30.3. The zero-order valence-electron chi connectivity index (χ0n) is 29.4. The lowest BCUT2D eigenvalue weighted by molar-refractivity contribution is -0.144. The van der Waals surface area contributed by atoms with E-state index in [1.165, 1.54) is 6.92 Å². The Kier molecular flexibility index (Phi) is 18.0. The molecule has 0 aliphatic carbocycles. The average Bonchev–Trinajstić information content (AvgIpc) is 3.09. The predicted molar refractivity (Wildman–Crippen MR) is 189 cm³/mol. The van der Waals surface area contributed by atoms with E-state index in [1.54, 1.807) is 75.4 Å². The molecule has 0 bridgehead atoms. The maximum Gasteiger partial charge on any atom is 0.408 e. The molecule has 0 radical (unpaired) electrons. The summed E-state index contributed by atoms with van der Waals surface area (Å²) in [6, 6.07) is 14.7. The van der Waals surface area contributed by atoms with Gasteiger partial charge in [-0.2, -0.15) is 0 Å². The lowest BCUT2D eigenvalue weighted by Crippen LogP contribution is -2.52. The van der Waals surface area contributed by atoms with E-state index in [0.29, 0.717) is 11.8 Å². The van der Waals surface area contributed by atoms with Crippen LogP contribution < -0.4 is 26.6 Å². The van der Waals surface area contributed by atoms with Gasteiger partial charge in [0.1, 0.15) is 24.3 Å². The second-order valence-electron chi connectivity index (χ2n) is 12.3. The van der Waals surface area contributed by atoms with Crippen molar-refractivity contribution < 1.29 is 47.8 Å². The molecule has 2 aromatic carbocycles. The molecule has 0 aliphatic heterocycles. The van der Waals surface area contributed by atoms with Crippen molar-refractivity contribution in [3.8, 4) is 0 Å². The van der Waals surface area contributed by atoms with Gasteiger partial charge >= 0.3 is 18.2 Å². The number of methoxy groups -OCH3 is 1. The third-order valence-corrected chi connectivity index (χ3v) is 7.86. The molecular weight excluding hydrogens is 682 g/mol. The smallest absolute Gasteiger partial charge is 0.408 e. The van der Waals surface area contributed by atoms with Crippen molar-refractivity contribution in [2.45, 2.75) is 77.3 Å². The summed E-state index contributed by atoms with van der Waals surface area (Å²) in [4.78, 5) is 87.6. The Hall–Kier alpha value is -5.12. The minimum atomic E-state index is -1.25. The van der Waals surface area contributed by atoms with Crippen molar-refractivity contribution in [3.05, 3.63) is 71.8 Å². The van der Waals surface area contributed by atoms with Crippen LogP contribution in [0.25, 0.3) is 0 Å². The van der Waals surface area contributed by atoms with Crippen LogP contribution >= 0.6 is 11.8 Å². The van der Waals surface area contributed by atoms with E-state index >= 15 is 0 Å². The molecule has 0 spiro atoms. The standard InChI is InChI=1S/C35H47N5O10S/c1-23(38-34(47)49-21-25-15-10-7-11-16-25)32(45)51-22-27(31(44)48-5)40-29(42)20-37-30(43)26(19-24-13-8-6-9-14-24)39-28(41)17-12-18-36-33(46)50-35(2,3)4/h6-11,13-16,23,26-27H,12,17-22H2,1-5H3,(H,36,46)(H,37,43)(H,38,47)(H,39,41)(H,40,42)/t23-,26-,27-/m0/s1. The molecule has 2 rings (SSSR count). The van der Waals surface area contributed by atoms with Crippen LogP contribution in [-0.2, 0) is 51.2 Å². The average molecular weight is 730 g/mol. The summed E-state index contributed by atoms with van der Waals surface area (Å²) in [5.41, 5.74) is 0.869. The second-order valence-corrected chi connectivity index (χ2v) is 13.3. The highest BCUT2D eigenvalue weighted by atomic mass is 32.2. The van der Waals surface area contributed by atoms with E-state index in [0.717, 1.165) is 18.2 Å². The zero-order chi connectivity index (χ0) is 37.8. The molecule has 3 atom stereocenters. The molecule has 2 aromatic rings. The summed E-state index contributed by atoms with van der Waals surface area (Å²) in [6.45, 7) is 6.30. The van der Waals surface area contributed by atoms with Gasteiger partial charge in [0, 0.05) is 25.1 Å². The maximum absolute atomic E-state index is 13.2. The molecular formula is C35H47N5O10S. The van der Waals surface area contributed by atoms with Gasteiger partial charge in [-0.1, -0.05) is 72.4 Å². The van der Waals surface area contributed by atoms with E-state index in [-0.39, 0.29) is 38.2 Å². The summed E-state index contributed by atoms with van der Waals surface area (Å²) in [7, 11) is 1.12. The van der Waals surface area contributed by atoms with Crippen LogP contribution in [0.1, 0.15) is 51.7 Å². The minimum absolute atomic E-state index is 0.00899. The number of benzene rings is 2. The van der Waals surface area contributed by atoms with E-state index in [4.69, 9.17) is 14.2 Å². The van der Waals surface area contributed by atoms with Crippen LogP contribution in [0.15, 0.2) is 60.7 Å². The fourth-order valence-corrected chi connectivity index (χ4v) is 5.08. The number of thioether (sulfide) groups is 1. The number of hydrogen-bond acceptors (Lipinski definition) is 11. The molecule has 5 amide bonds. The highest BCUT2D eigenvalue weighted by Gasteiger charge is 2.27. The van der Waals surface area contributed by atoms with Gasteiger partial charge in [0.25, 0.3) is 0 Å². The number of alkyl carbamates (subject to hydrolysis) is 2. The lowest BCUT2D eigenvalue weighted by atomic mass is 10.0. The quantitative estimate of drug-likeness (QED) is 0.0855. The summed E-state index contributed by atoms with van der Waals surface area (Å²) in [5, 5.41) is 12.1. The summed E-state index contributed by atoms with van der Waals surface area (Å²) < 4.78 is 15.1. The largest absolute Gasteiger partial charge is 0.467 e. The predicted octanol–water partition coefficient (Wildman–Crippen LogP) is 2.37. The molecule has 278 valence electrons. The van der Waals surface area contributed by atoms with Gasteiger partial charge in [0.2, 0.25) is 22.8 Å². The van der Waals surface area contributed by atoms with E-state index in [1.807, 2.05) is 6.07 Å². The maximum atomic E-state index is 13.2. The third-order valence-electron chi connectivity index (χ3n) is 6.72. The highest BCUT2D eigenvalue weighted by Crippen LogP contribution is 2.11. The molecule has 0 fully saturated rings. The SMILES string of the molecule is COC(=O)[C@H](CSC(=O)[C@H](C)NC(=O)OCc1ccccc1)NC(=O)CNC(=O)[C@H](Cc1ccccc1)NC(=O)CCCNC(=O)OC(C)(C)C. The number of amides is 5. The Bertz CT molecular complexity index is 1470. The third kappa shape index (κ3) is 17.9. The van der Waals surface area contributed by atoms with Crippen molar-refractivity contribution in [2.75, 3.05) is 26.0 Å². The van der Waals surface area contributed by atoms with Crippen molar-refractivity contribution in [2.24, 2.45) is 0 Å². The summed E-state index contributed by atoms with van der Waals surface area (Å²) in [5.74, 6) is -2.88. The minimum Gasteiger partial charge on any atom is -0.467 e. The molecule has 0 saturated heterocycles. The molecule has 0 aromatic heterocycles. The van der Waals surface area contributed by atoms with Gasteiger partial charge in [0.15, 0.2) is 0 Å². The normalized spacial score (nSPS) is 12.6. The Morgan fingerprint density at radius 1 is 0.765 bits per heavy atom. The molecule has 15 nitrogen and oxygen atoms in total. The van der Waals surface area contributed by atoms with Crippen LogP contribution in [0.5, 0.6) is 0 Å². The van der Waals surface area contributed by atoms with Gasteiger partial charge in [-0.25, -0.2) is 14.4 Å². The Morgan fingerprint density at radius 3 is 1.98 bits per heavy atom. The molecule has 5 N–H and O–H groups in total. The molecule has 0 unspecified atom stereocenters. The highest BCUT2D eigenvalue weighted by molar-refractivity contribution is 8.13. The number of ether oxygens (including phenoxy) is 3. The Labute approximate surface area is 301 Å². The Balaban J connectivity index is 1.88. The number of esters is 1. The molecule has 0 aliphatic rings. The summed E-state index contributed by atoms with van der Waals surface area (Å²) in [6.07, 6.45) is -0.979. The van der Waals surface area contributed by atoms with Crippen LogP contribution in [0, 0.1) is 0 Å². The van der Waals surface area contributed by atoms with Gasteiger partial charge < -0.3 is 40.8 Å². The van der Waals surface area contributed by atoms with Crippen LogP contribution in [0.3, 0.4) is 0 Å². The van der Waals surface area contributed by atoms with Crippen molar-refractivity contribution in [1.29, 1.82) is 0 Å². The number of carbonyl (C=O) groups is 7. The fraction of sp³-hybridized carbons (Fsp3) is 0.457. The second kappa shape index (κ2) is 21.9. The molecule has 16 heteroatoms. The van der Waals surface area contributed by atoms with Gasteiger partial charge in [-0.3, -0.25) is 19.2 Å². The van der Waals surface area contributed by atoms with E-state index in [2.05, 4.69) is 26.6 Å². The van der Waals surface area contributed by atoms with E-state index < -0.39 is 71.3 Å². The fourth-order valence-electron chi connectivity index (χ4n) is 4.22. The van der Waals surface area contributed by atoms with Crippen molar-refractivity contribution >= 4 is 52.8 Å². The monoisotopic (exact) mass is 729 g/mol. The van der Waals surface area contributed by atoms with Crippen molar-refractivity contribution in [1.82, 2.24) is 26.6 Å². The molecule has 0 saturated carbocycles. The topological polar surface area (TPSA) is 207 Å². The first-order chi connectivity index (χ1) is 24.2. The van der Waals surface area contributed by atoms with Gasteiger partial charge in [-0.05, 0) is 45.2 Å². The van der Waals surface area contributed by atoms with E-state index in [9.17, 15) is 33.6 Å². The van der Waals surface area contributed by atoms with Crippen LogP contribution in [0.2, 0.25) is 0 Å². The molecule has 0 heterocycles.